The average Bonchev–Trinajstić information content (AvgIpc) is 3.18. The van der Waals surface area contributed by atoms with Crippen LogP contribution in [-0.2, 0) is 0 Å². The molecule has 0 aliphatic carbocycles. The molecule has 6 heteroatoms. The minimum absolute atomic E-state index is 0.241. The lowest BCUT2D eigenvalue weighted by Crippen LogP contribution is -2.33. The standard InChI is InChI=1S/C25H24ClN3O2/c1-27-16-23(30)24(17-7-3-2-4-8-17)29-14-13-18-15-19(11-12-22(18)29)28-25(31)20-9-5-6-10-21(20)26/h2-15,23-24,27,30H,16H2,1H3,(H,28,31)/t23-,24+/m1/s1. The number of nitrogens with zero attached hydrogens (tertiary/aromatic N) is 1. The molecule has 1 aromatic heterocycles. The number of anilines is 1. The van der Waals surface area contributed by atoms with Crippen LogP contribution in [0.25, 0.3) is 10.9 Å². The van der Waals surface area contributed by atoms with Gasteiger partial charge in [0.15, 0.2) is 0 Å². The van der Waals surface area contributed by atoms with E-state index in [0.29, 0.717) is 22.8 Å². The topological polar surface area (TPSA) is 66.3 Å². The molecule has 4 rings (SSSR count). The highest BCUT2D eigenvalue weighted by Gasteiger charge is 2.23. The molecular weight excluding hydrogens is 410 g/mol. The van der Waals surface area contributed by atoms with E-state index in [1.54, 1.807) is 24.3 Å². The van der Waals surface area contributed by atoms with Crippen molar-refractivity contribution in [2.24, 2.45) is 0 Å². The van der Waals surface area contributed by atoms with Gasteiger partial charge in [0.05, 0.1) is 22.7 Å². The number of likely N-dealkylation sites (N-methyl/N-ethyl adjacent to an activating group) is 1. The van der Waals surface area contributed by atoms with E-state index < -0.39 is 6.10 Å². The van der Waals surface area contributed by atoms with Crippen LogP contribution in [0.15, 0.2) is 85.1 Å². The zero-order valence-corrected chi connectivity index (χ0v) is 17.9. The van der Waals surface area contributed by atoms with Crippen molar-refractivity contribution in [2.45, 2.75) is 12.1 Å². The Morgan fingerprint density at radius 2 is 1.77 bits per heavy atom. The molecule has 0 unspecified atom stereocenters. The van der Waals surface area contributed by atoms with E-state index >= 15 is 0 Å². The number of aromatic nitrogens is 1. The molecule has 5 nitrogen and oxygen atoms in total. The van der Waals surface area contributed by atoms with Gasteiger partial charge in [-0.2, -0.15) is 0 Å². The number of hydrogen-bond donors (Lipinski definition) is 3. The monoisotopic (exact) mass is 433 g/mol. The van der Waals surface area contributed by atoms with Crippen LogP contribution >= 0.6 is 11.6 Å². The fourth-order valence-electron chi connectivity index (χ4n) is 3.87. The van der Waals surface area contributed by atoms with Gasteiger partial charge in [-0.15, -0.1) is 0 Å². The van der Waals surface area contributed by atoms with Crippen molar-refractivity contribution in [1.29, 1.82) is 0 Å². The van der Waals surface area contributed by atoms with Gasteiger partial charge < -0.3 is 20.3 Å². The van der Waals surface area contributed by atoms with Gasteiger partial charge in [-0.25, -0.2) is 0 Å². The quantitative estimate of drug-likeness (QED) is 0.395. The number of benzene rings is 3. The van der Waals surface area contributed by atoms with E-state index in [4.69, 9.17) is 11.6 Å². The Balaban J connectivity index is 1.66. The molecule has 0 bridgehead atoms. The van der Waals surface area contributed by atoms with Crippen molar-refractivity contribution < 1.29 is 9.90 Å². The van der Waals surface area contributed by atoms with Crippen molar-refractivity contribution >= 4 is 34.1 Å². The summed E-state index contributed by atoms with van der Waals surface area (Å²) in [6, 6.07) is 24.4. The second kappa shape index (κ2) is 9.35. The third kappa shape index (κ3) is 4.49. The Labute approximate surface area is 186 Å². The zero-order chi connectivity index (χ0) is 21.8. The van der Waals surface area contributed by atoms with Crippen molar-refractivity contribution in [3.05, 3.63) is 101 Å². The van der Waals surface area contributed by atoms with Crippen molar-refractivity contribution in [1.82, 2.24) is 9.88 Å². The maximum atomic E-state index is 12.6. The highest BCUT2D eigenvalue weighted by atomic mass is 35.5. The van der Waals surface area contributed by atoms with E-state index in [1.807, 2.05) is 67.8 Å². The van der Waals surface area contributed by atoms with Crippen LogP contribution < -0.4 is 10.6 Å². The molecule has 158 valence electrons. The zero-order valence-electron chi connectivity index (χ0n) is 17.1. The normalized spacial score (nSPS) is 13.1. The minimum Gasteiger partial charge on any atom is -0.389 e. The van der Waals surface area contributed by atoms with E-state index in [9.17, 15) is 9.90 Å². The van der Waals surface area contributed by atoms with Gasteiger partial charge in [0.1, 0.15) is 0 Å². The molecule has 4 aromatic rings. The van der Waals surface area contributed by atoms with Crippen LogP contribution in [0.3, 0.4) is 0 Å². The van der Waals surface area contributed by atoms with E-state index in [2.05, 4.69) is 15.2 Å². The molecule has 1 amide bonds. The van der Waals surface area contributed by atoms with Gasteiger partial charge >= 0.3 is 0 Å². The lowest BCUT2D eigenvalue weighted by molar-refractivity contribution is 0.102. The largest absolute Gasteiger partial charge is 0.389 e. The van der Waals surface area contributed by atoms with Gasteiger partial charge in [0.25, 0.3) is 5.91 Å². The predicted octanol–water partition coefficient (Wildman–Crippen LogP) is 4.72. The maximum Gasteiger partial charge on any atom is 0.257 e. The molecule has 3 aromatic carbocycles. The molecule has 0 aliphatic heterocycles. The lowest BCUT2D eigenvalue weighted by Gasteiger charge is -2.26. The summed E-state index contributed by atoms with van der Waals surface area (Å²) in [6.07, 6.45) is 1.36. The van der Waals surface area contributed by atoms with Crippen LogP contribution in [-0.4, -0.2) is 35.3 Å². The molecule has 0 radical (unpaired) electrons. The van der Waals surface area contributed by atoms with Crippen LogP contribution in [0, 0.1) is 0 Å². The summed E-state index contributed by atoms with van der Waals surface area (Å²) < 4.78 is 2.08. The van der Waals surface area contributed by atoms with E-state index in [0.717, 1.165) is 16.5 Å². The lowest BCUT2D eigenvalue weighted by atomic mass is 10.0. The van der Waals surface area contributed by atoms with Crippen LogP contribution in [0.5, 0.6) is 0 Å². The summed E-state index contributed by atoms with van der Waals surface area (Å²) in [5.74, 6) is -0.254. The highest BCUT2D eigenvalue weighted by molar-refractivity contribution is 6.34. The minimum atomic E-state index is -0.609. The molecule has 31 heavy (non-hydrogen) atoms. The first-order chi connectivity index (χ1) is 15.1. The third-order valence-electron chi connectivity index (χ3n) is 5.32. The fourth-order valence-corrected chi connectivity index (χ4v) is 4.09. The summed E-state index contributed by atoms with van der Waals surface area (Å²) in [4.78, 5) is 12.6. The molecule has 0 saturated carbocycles. The molecule has 0 saturated heterocycles. The fraction of sp³-hybridized carbons (Fsp3) is 0.160. The van der Waals surface area contributed by atoms with E-state index in [1.165, 1.54) is 0 Å². The Kier molecular flexibility index (Phi) is 6.37. The second-order valence-corrected chi connectivity index (χ2v) is 7.82. The number of aliphatic hydroxyl groups excluding tert-OH is 1. The summed E-state index contributed by atoms with van der Waals surface area (Å²) in [5, 5.41) is 18.2. The van der Waals surface area contributed by atoms with Crippen LogP contribution in [0.2, 0.25) is 5.02 Å². The average molecular weight is 434 g/mol. The number of carbonyl (C=O) groups is 1. The van der Waals surface area contributed by atoms with Crippen molar-refractivity contribution in [3.8, 4) is 0 Å². The Hall–Kier alpha value is -3.12. The Bertz CT molecular complexity index is 1190. The summed E-state index contributed by atoms with van der Waals surface area (Å²) >= 11 is 6.14. The second-order valence-electron chi connectivity index (χ2n) is 7.41. The number of nitrogens with one attached hydrogen (secondary N) is 2. The predicted molar refractivity (Wildman–Crippen MR) is 126 cm³/mol. The number of aliphatic hydroxyl groups is 1. The number of halogens is 1. The Morgan fingerprint density at radius 3 is 2.52 bits per heavy atom. The number of rotatable bonds is 7. The Morgan fingerprint density at radius 1 is 1.03 bits per heavy atom. The molecule has 0 fully saturated rings. The number of hydrogen-bond acceptors (Lipinski definition) is 3. The molecule has 1 heterocycles. The van der Waals surface area contributed by atoms with Crippen molar-refractivity contribution in [2.75, 3.05) is 18.9 Å². The molecular formula is C25H24ClN3O2. The number of fused-ring (bicyclic) bond motifs is 1. The van der Waals surface area contributed by atoms with Gasteiger partial charge in [-0.3, -0.25) is 4.79 Å². The number of amides is 1. The van der Waals surface area contributed by atoms with Crippen molar-refractivity contribution in [3.63, 3.8) is 0 Å². The SMILES string of the molecule is CNC[C@@H](O)[C@H](c1ccccc1)n1ccc2cc(NC(=O)c3ccccc3Cl)ccc21. The third-order valence-corrected chi connectivity index (χ3v) is 5.64. The van der Waals surface area contributed by atoms with Crippen LogP contribution in [0.4, 0.5) is 5.69 Å². The first-order valence-corrected chi connectivity index (χ1v) is 10.5. The van der Waals surface area contributed by atoms with Gasteiger partial charge in [-0.05, 0) is 49.0 Å². The summed E-state index contributed by atoms with van der Waals surface area (Å²) in [6.45, 7) is 0.464. The van der Waals surface area contributed by atoms with Gasteiger partial charge in [0, 0.05) is 29.3 Å². The molecule has 2 atom stereocenters. The van der Waals surface area contributed by atoms with Gasteiger partial charge in [-0.1, -0.05) is 54.1 Å². The molecule has 3 N–H and O–H groups in total. The molecule has 0 aliphatic rings. The van der Waals surface area contributed by atoms with Gasteiger partial charge in [0.2, 0.25) is 0 Å². The van der Waals surface area contributed by atoms with Crippen LogP contribution in [0.1, 0.15) is 22.0 Å². The number of carbonyl (C=O) groups excluding carboxylic acids is 1. The first-order valence-electron chi connectivity index (χ1n) is 10.1. The summed E-state index contributed by atoms with van der Waals surface area (Å²) in [5.41, 5.74) is 3.11. The molecule has 0 spiro atoms. The highest BCUT2D eigenvalue weighted by Crippen LogP contribution is 2.29. The smallest absolute Gasteiger partial charge is 0.257 e. The first kappa shape index (κ1) is 21.1. The van der Waals surface area contributed by atoms with E-state index in [-0.39, 0.29) is 11.9 Å². The summed E-state index contributed by atoms with van der Waals surface area (Å²) in [7, 11) is 1.83. The maximum absolute atomic E-state index is 12.6.